The SMILES string of the molecule is Cc1cc(C)c(C)c(-c2c3c(cc[n+]2C)-c2ccc4c(c2C3)Cc2c(C)cccc2-4)c1. The van der Waals surface area contributed by atoms with Crippen molar-refractivity contribution in [2.45, 2.75) is 40.5 Å². The smallest absolute Gasteiger partial charge is 0.201 e. The van der Waals surface area contributed by atoms with Crippen LogP contribution in [-0.4, -0.2) is 0 Å². The normalized spacial score (nSPS) is 13.1. The highest BCUT2D eigenvalue weighted by Crippen LogP contribution is 2.48. The van der Waals surface area contributed by atoms with Gasteiger partial charge in [-0.25, -0.2) is 4.57 Å². The maximum atomic E-state index is 2.37. The Morgan fingerprint density at radius 1 is 0.613 bits per heavy atom. The highest BCUT2D eigenvalue weighted by atomic mass is 14.9. The van der Waals surface area contributed by atoms with Crippen LogP contribution in [0.3, 0.4) is 0 Å². The van der Waals surface area contributed by atoms with Gasteiger partial charge in [0.05, 0.1) is 0 Å². The summed E-state index contributed by atoms with van der Waals surface area (Å²) in [6, 6.07) is 18.5. The third kappa shape index (κ3) is 2.53. The van der Waals surface area contributed by atoms with E-state index in [-0.39, 0.29) is 0 Å². The number of pyridine rings is 1. The Kier molecular flexibility index (Phi) is 3.84. The molecule has 0 saturated heterocycles. The number of benzene rings is 3. The van der Waals surface area contributed by atoms with Crippen molar-refractivity contribution in [1.29, 1.82) is 0 Å². The van der Waals surface area contributed by atoms with Crippen LogP contribution < -0.4 is 4.57 Å². The maximum absolute atomic E-state index is 2.37. The number of hydrogen-bond donors (Lipinski definition) is 0. The van der Waals surface area contributed by atoms with Crippen LogP contribution in [0.4, 0.5) is 0 Å². The number of rotatable bonds is 1. The van der Waals surface area contributed by atoms with Crippen molar-refractivity contribution in [2.75, 3.05) is 0 Å². The van der Waals surface area contributed by atoms with E-state index in [2.05, 4.69) is 94.0 Å². The molecule has 0 atom stereocenters. The Morgan fingerprint density at radius 3 is 2.00 bits per heavy atom. The summed E-state index contributed by atoms with van der Waals surface area (Å²) in [6.07, 6.45) is 4.34. The van der Waals surface area contributed by atoms with Gasteiger partial charge in [0.25, 0.3) is 0 Å². The van der Waals surface area contributed by atoms with Crippen LogP contribution in [0.15, 0.2) is 54.7 Å². The average molecular weight is 403 g/mol. The van der Waals surface area contributed by atoms with Gasteiger partial charge >= 0.3 is 0 Å². The van der Waals surface area contributed by atoms with Crippen LogP contribution >= 0.6 is 0 Å². The van der Waals surface area contributed by atoms with Crippen molar-refractivity contribution in [3.63, 3.8) is 0 Å². The second-order valence-corrected chi connectivity index (χ2v) is 9.49. The van der Waals surface area contributed by atoms with Gasteiger partial charge in [-0.2, -0.15) is 0 Å². The molecule has 4 aromatic rings. The monoisotopic (exact) mass is 402 g/mol. The Balaban J connectivity index is 1.57. The summed E-state index contributed by atoms with van der Waals surface area (Å²) < 4.78 is 2.32. The van der Waals surface area contributed by atoms with Crippen LogP contribution in [0, 0.1) is 27.7 Å². The van der Waals surface area contributed by atoms with E-state index < -0.39 is 0 Å². The summed E-state index contributed by atoms with van der Waals surface area (Å²) in [6.45, 7) is 8.96. The predicted molar refractivity (Wildman–Crippen MR) is 128 cm³/mol. The molecule has 0 unspecified atom stereocenters. The number of aryl methyl sites for hydroxylation is 4. The molecular weight excluding hydrogens is 374 g/mol. The van der Waals surface area contributed by atoms with Crippen molar-refractivity contribution in [2.24, 2.45) is 7.05 Å². The number of fused-ring (bicyclic) bond motifs is 7. The highest BCUT2D eigenvalue weighted by molar-refractivity contribution is 5.89. The fourth-order valence-electron chi connectivity index (χ4n) is 5.92. The molecular formula is C30H28N+. The molecule has 0 saturated carbocycles. The molecule has 1 heterocycles. The van der Waals surface area contributed by atoms with E-state index >= 15 is 0 Å². The maximum Gasteiger partial charge on any atom is 0.216 e. The van der Waals surface area contributed by atoms with Gasteiger partial charge in [0.1, 0.15) is 7.05 Å². The molecule has 31 heavy (non-hydrogen) atoms. The van der Waals surface area contributed by atoms with E-state index in [9.17, 15) is 0 Å². The summed E-state index contributed by atoms with van der Waals surface area (Å²) in [5, 5.41) is 0. The molecule has 0 radical (unpaired) electrons. The Morgan fingerprint density at radius 2 is 1.26 bits per heavy atom. The summed E-state index contributed by atoms with van der Waals surface area (Å²) in [5.74, 6) is 0. The van der Waals surface area contributed by atoms with Gasteiger partial charge in [-0.3, -0.25) is 0 Å². The lowest BCUT2D eigenvalue weighted by atomic mass is 9.93. The van der Waals surface area contributed by atoms with Gasteiger partial charge in [0.15, 0.2) is 6.20 Å². The van der Waals surface area contributed by atoms with Crippen LogP contribution in [0.1, 0.15) is 44.5 Å². The fraction of sp³-hybridized carbons (Fsp3) is 0.233. The second kappa shape index (κ2) is 6.40. The summed E-state index contributed by atoms with van der Waals surface area (Å²) in [5.41, 5.74) is 20.1. The minimum Gasteiger partial charge on any atom is -0.201 e. The first-order valence-electron chi connectivity index (χ1n) is 11.3. The van der Waals surface area contributed by atoms with Crippen molar-refractivity contribution in [1.82, 2.24) is 0 Å². The Labute approximate surface area is 185 Å². The zero-order valence-corrected chi connectivity index (χ0v) is 19.1. The van der Waals surface area contributed by atoms with Gasteiger partial charge in [-0.05, 0) is 95.8 Å². The molecule has 6 rings (SSSR count). The molecule has 2 aliphatic rings. The first-order chi connectivity index (χ1) is 14.9. The molecule has 0 spiro atoms. The lowest BCUT2D eigenvalue weighted by molar-refractivity contribution is -0.660. The minimum absolute atomic E-state index is 1.03. The molecule has 3 aromatic carbocycles. The van der Waals surface area contributed by atoms with Crippen LogP contribution in [0.25, 0.3) is 33.5 Å². The summed E-state index contributed by atoms with van der Waals surface area (Å²) >= 11 is 0. The van der Waals surface area contributed by atoms with Gasteiger partial charge in [-0.1, -0.05) is 42.0 Å². The topological polar surface area (TPSA) is 3.88 Å². The van der Waals surface area contributed by atoms with Gasteiger partial charge in [0.2, 0.25) is 5.69 Å². The zero-order chi connectivity index (χ0) is 21.4. The largest absolute Gasteiger partial charge is 0.216 e. The number of aromatic nitrogens is 1. The lowest BCUT2D eigenvalue weighted by Crippen LogP contribution is -2.32. The molecule has 0 fully saturated rings. The molecule has 0 N–H and O–H groups in total. The summed E-state index contributed by atoms with van der Waals surface area (Å²) in [4.78, 5) is 0. The van der Waals surface area contributed by atoms with E-state index in [4.69, 9.17) is 0 Å². The van der Waals surface area contributed by atoms with Gasteiger partial charge in [0, 0.05) is 23.6 Å². The van der Waals surface area contributed by atoms with E-state index in [0.29, 0.717) is 0 Å². The van der Waals surface area contributed by atoms with Gasteiger partial charge < -0.3 is 0 Å². The number of nitrogens with zero attached hydrogens (tertiary/aromatic N) is 1. The Bertz CT molecular complexity index is 1420. The molecule has 1 heteroatoms. The molecule has 0 amide bonds. The fourth-order valence-corrected chi connectivity index (χ4v) is 5.92. The molecule has 2 aliphatic carbocycles. The van der Waals surface area contributed by atoms with Gasteiger partial charge in [-0.15, -0.1) is 0 Å². The van der Waals surface area contributed by atoms with Crippen LogP contribution in [-0.2, 0) is 19.9 Å². The third-order valence-corrected chi connectivity index (χ3v) is 7.62. The standard InChI is InChI=1S/C30H28N/c1-17-13-19(3)20(4)26(14-17)30-29-16-28-23(24(29)11-12-31(30)5)10-9-22-21-8-6-7-18(2)25(21)15-27(22)28/h6-14H,15-16H2,1-5H3/q+1. The molecule has 1 nitrogen and oxygen atoms in total. The molecule has 0 aliphatic heterocycles. The molecule has 0 bridgehead atoms. The highest BCUT2D eigenvalue weighted by Gasteiger charge is 2.33. The average Bonchev–Trinajstić information content (AvgIpc) is 3.30. The van der Waals surface area contributed by atoms with E-state index in [1.165, 1.54) is 72.5 Å². The minimum atomic E-state index is 1.03. The Hall–Kier alpha value is -3.19. The van der Waals surface area contributed by atoms with Crippen molar-refractivity contribution >= 4 is 0 Å². The molecule has 152 valence electrons. The quantitative estimate of drug-likeness (QED) is 0.274. The van der Waals surface area contributed by atoms with Crippen molar-refractivity contribution in [3.05, 3.63) is 99.2 Å². The second-order valence-electron chi connectivity index (χ2n) is 9.49. The van der Waals surface area contributed by atoms with E-state index in [0.717, 1.165) is 12.8 Å². The van der Waals surface area contributed by atoms with Crippen molar-refractivity contribution in [3.8, 4) is 33.5 Å². The van der Waals surface area contributed by atoms with Crippen LogP contribution in [0.5, 0.6) is 0 Å². The zero-order valence-electron chi connectivity index (χ0n) is 19.1. The predicted octanol–water partition coefficient (Wildman–Crippen LogP) is 6.55. The number of hydrogen-bond acceptors (Lipinski definition) is 0. The first-order valence-corrected chi connectivity index (χ1v) is 11.3. The van der Waals surface area contributed by atoms with Crippen molar-refractivity contribution < 1.29 is 4.57 Å². The van der Waals surface area contributed by atoms with E-state index in [1.807, 2.05) is 0 Å². The van der Waals surface area contributed by atoms with Crippen LogP contribution in [0.2, 0.25) is 0 Å². The van der Waals surface area contributed by atoms with E-state index in [1.54, 1.807) is 5.56 Å². The first kappa shape index (κ1) is 18.6. The lowest BCUT2D eigenvalue weighted by Gasteiger charge is -2.12. The summed E-state index contributed by atoms with van der Waals surface area (Å²) in [7, 11) is 2.19. The molecule has 1 aromatic heterocycles. The third-order valence-electron chi connectivity index (χ3n) is 7.62.